The van der Waals surface area contributed by atoms with Gasteiger partial charge in [-0.25, -0.2) is 0 Å². The minimum Gasteiger partial charge on any atom is -0.355 e. The van der Waals surface area contributed by atoms with Crippen molar-refractivity contribution < 1.29 is 0 Å². The van der Waals surface area contributed by atoms with Crippen molar-refractivity contribution in [3.8, 4) is 0 Å². The van der Waals surface area contributed by atoms with Gasteiger partial charge in [0.05, 0.1) is 0 Å². The van der Waals surface area contributed by atoms with Crippen molar-refractivity contribution in [1.82, 2.24) is 15.5 Å². The average Bonchev–Trinajstić information content (AvgIpc) is 2.37. The summed E-state index contributed by atoms with van der Waals surface area (Å²) in [7, 11) is 3.93. The van der Waals surface area contributed by atoms with Crippen LogP contribution < -0.4 is 10.6 Å². The number of nitrogens with zero attached hydrogens (tertiary/aromatic N) is 2. The number of nitrogens with one attached hydrogen (secondary N) is 2. The first kappa shape index (κ1) is 16.5. The molecular weight excluding hydrogens is 248 g/mol. The van der Waals surface area contributed by atoms with Gasteiger partial charge in [0.2, 0.25) is 0 Å². The van der Waals surface area contributed by atoms with E-state index in [0.29, 0.717) is 0 Å². The van der Waals surface area contributed by atoms with Crippen molar-refractivity contribution in [2.24, 2.45) is 4.99 Å². The third-order valence-electron chi connectivity index (χ3n) is 2.80. The average molecular weight is 276 g/mol. The zero-order valence-corrected chi connectivity index (χ0v) is 13.4. The first-order valence-corrected chi connectivity index (χ1v) is 7.12. The van der Waals surface area contributed by atoms with Crippen LogP contribution in [0.5, 0.6) is 0 Å². The zero-order chi connectivity index (χ0) is 15.0. The van der Waals surface area contributed by atoms with E-state index in [4.69, 9.17) is 0 Å². The standard InChI is InChI=1S/C16H28N4/c1-16(2,3)19-15(17-4)18-11-12-20(5)13-14-9-7-6-8-10-14/h6-10H,11-13H2,1-5H3,(H2,17,18,19). The van der Waals surface area contributed by atoms with Gasteiger partial charge < -0.3 is 15.5 Å². The number of guanidine groups is 1. The molecule has 0 aliphatic carbocycles. The second-order valence-electron chi connectivity index (χ2n) is 6.10. The minimum atomic E-state index is 0.0256. The molecule has 4 heteroatoms. The van der Waals surface area contributed by atoms with E-state index in [-0.39, 0.29) is 5.54 Å². The number of hydrogen-bond acceptors (Lipinski definition) is 2. The Kier molecular flexibility index (Phi) is 6.52. The lowest BCUT2D eigenvalue weighted by Gasteiger charge is -2.24. The lowest BCUT2D eigenvalue weighted by Crippen LogP contribution is -2.48. The van der Waals surface area contributed by atoms with Crippen molar-refractivity contribution in [1.29, 1.82) is 0 Å². The number of benzene rings is 1. The normalized spacial score (nSPS) is 12.6. The molecule has 0 aromatic heterocycles. The van der Waals surface area contributed by atoms with Crippen LogP contribution in [-0.2, 0) is 6.54 Å². The van der Waals surface area contributed by atoms with Gasteiger partial charge in [-0.2, -0.15) is 0 Å². The van der Waals surface area contributed by atoms with Crippen LogP contribution in [0.3, 0.4) is 0 Å². The summed E-state index contributed by atoms with van der Waals surface area (Å²) in [6, 6.07) is 10.5. The molecule has 0 unspecified atom stereocenters. The van der Waals surface area contributed by atoms with E-state index in [0.717, 1.165) is 25.6 Å². The lowest BCUT2D eigenvalue weighted by atomic mass is 10.1. The van der Waals surface area contributed by atoms with Gasteiger partial charge in [-0.05, 0) is 33.4 Å². The Labute approximate surface area is 123 Å². The summed E-state index contributed by atoms with van der Waals surface area (Å²) >= 11 is 0. The summed E-state index contributed by atoms with van der Waals surface area (Å²) < 4.78 is 0. The van der Waals surface area contributed by atoms with E-state index in [1.165, 1.54) is 5.56 Å². The molecule has 0 amide bonds. The van der Waals surface area contributed by atoms with Gasteiger partial charge in [-0.15, -0.1) is 0 Å². The van der Waals surface area contributed by atoms with Gasteiger partial charge in [0.25, 0.3) is 0 Å². The summed E-state index contributed by atoms with van der Waals surface area (Å²) in [4.78, 5) is 6.53. The fourth-order valence-electron chi connectivity index (χ4n) is 1.87. The molecule has 1 aromatic rings. The van der Waals surface area contributed by atoms with Crippen LogP contribution in [0.1, 0.15) is 26.3 Å². The molecule has 0 aliphatic heterocycles. The molecule has 0 fully saturated rings. The molecule has 0 bridgehead atoms. The molecule has 1 rings (SSSR count). The maximum Gasteiger partial charge on any atom is 0.191 e. The highest BCUT2D eigenvalue weighted by atomic mass is 15.2. The fourth-order valence-corrected chi connectivity index (χ4v) is 1.87. The van der Waals surface area contributed by atoms with Gasteiger partial charge in [-0.1, -0.05) is 30.3 Å². The minimum absolute atomic E-state index is 0.0256. The molecule has 0 aliphatic rings. The Hall–Kier alpha value is -1.55. The molecule has 1 aromatic carbocycles. The van der Waals surface area contributed by atoms with Crippen molar-refractivity contribution in [3.63, 3.8) is 0 Å². The number of likely N-dealkylation sites (N-methyl/N-ethyl adjacent to an activating group) is 1. The molecule has 0 heterocycles. The van der Waals surface area contributed by atoms with E-state index in [2.05, 4.69) is 72.6 Å². The van der Waals surface area contributed by atoms with Crippen molar-refractivity contribution in [3.05, 3.63) is 35.9 Å². The fraction of sp³-hybridized carbons (Fsp3) is 0.562. The molecular formula is C16H28N4. The summed E-state index contributed by atoms with van der Waals surface area (Å²) in [6.07, 6.45) is 0. The molecule has 0 radical (unpaired) electrons. The lowest BCUT2D eigenvalue weighted by molar-refractivity contribution is 0.330. The Morgan fingerprint density at radius 2 is 1.85 bits per heavy atom. The van der Waals surface area contributed by atoms with Gasteiger partial charge in [0.15, 0.2) is 5.96 Å². The predicted octanol–water partition coefficient (Wildman–Crippen LogP) is 2.08. The second kappa shape index (κ2) is 7.90. The van der Waals surface area contributed by atoms with Crippen molar-refractivity contribution in [2.75, 3.05) is 27.2 Å². The second-order valence-corrected chi connectivity index (χ2v) is 6.10. The zero-order valence-electron chi connectivity index (χ0n) is 13.4. The van der Waals surface area contributed by atoms with Crippen LogP contribution in [0.25, 0.3) is 0 Å². The first-order chi connectivity index (χ1) is 9.40. The monoisotopic (exact) mass is 276 g/mol. The van der Waals surface area contributed by atoms with E-state index in [1.54, 1.807) is 7.05 Å². The van der Waals surface area contributed by atoms with Crippen LogP contribution in [0, 0.1) is 0 Å². The maximum atomic E-state index is 4.23. The molecule has 4 nitrogen and oxygen atoms in total. The molecule has 112 valence electrons. The van der Waals surface area contributed by atoms with Crippen LogP contribution in [0.4, 0.5) is 0 Å². The highest BCUT2D eigenvalue weighted by Crippen LogP contribution is 2.01. The van der Waals surface area contributed by atoms with Gasteiger partial charge in [0, 0.05) is 32.2 Å². The van der Waals surface area contributed by atoms with Gasteiger partial charge in [0.1, 0.15) is 0 Å². The summed E-state index contributed by atoms with van der Waals surface area (Å²) in [5.41, 5.74) is 1.37. The topological polar surface area (TPSA) is 39.7 Å². The van der Waals surface area contributed by atoms with E-state index < -0.39 is 0 Å². The number of hydrogen-bond donors (Lipinski definition) is 2. The summed E-state index contributed by atoms with van der Waals surface area (Å²) in [6.45, 7) is 9.19. The Bertz CT molecular complexity index is 406. The quantitative estimate of drug-likeness (QED) is 0.639. The van der Waals surface area contributed by atoms with Crippen LogP contribution >= 0.6 is 0 Å². The third-order valence-corrected chi connectivity index (χ3v) is 2.80. The molecule has 0 spiro atoms. The Balaban J connectivity index is 2.29. The van der Waals surface area contributed by atoms with Crippen LogP contribution in [-0.4, -0.2) is 43.6 Å². The largest absolute Gasteiger partial charge is 0.355 e. The first-order valence-electron chi connectivity index (χ1n) is 7.12. The molecule has 0 saturated carbocycles. The molecule has 20 heavy (non-hydrogen) atoms. The predicted molar refractivity (Wildman–Crippen MR) is 87.0 cm³/mol. The van der Waals surface area contributed by atoms with E-state index in [9.17, 15) is 0 Å². The van der Waals surface area contributed by atoms with Crippen LogP contribution in [0.2, 0.25) is 0 Å². The number of rotatable bonds is 5. The van der Waals surface area contributed by atoms with E-state index >= 15 is 0 Å². The molecule has 0 atom stereocenters. The number of aliphatic imine (C=N–C) groups is 1. The highest BCUT2D eigenvalue weighted by Gasteiger charge is 2.11. The van der Waals surface area contributed by atoms with Gasteiger partial charge >= 0.3 is 0 Å². The van der Waals surface area contributed by atoms with Crippen LogP contribution in [0.15, 0.2) is 35.3 Å². The molecule has 2 N–H and O–H groups in total. The summed E-state index contributed by atoms with van der Waals surface area (Å²) in [5, 5.41) is 6.69. The Morgan fingerprint density at radius 3 is 2.40 bits per heavy atom. The SMILES string of the molecule is CN=C(NCCN(C)Cc1ccccc1)NC(C)(C)C. The highest BCUT2D eigenvalue weighted by molar-refractivity contribution is 5.80. The summed E-state index contributed by atoms with van der Waals surface area (Å²) in [5.74, 6) is 0.852. The van der Waals surface area contributed by atoms with Gasteiger partial charge in [-0.3, -0.25) is 4.99 Å². The smallest absolute Gasteiger partial charge is 0.191 e. The Morgan fingerprint density at radius 1 is 1.20 bits per heavy atom. The van der Waals surface area contributed by atoms with E-state index in [1.807, 2.05) is 6.07 Å². The van der Waals surface area contributed by atoms with Crippen molar-refractivity contribution in [2.45, 2.75) is 32.9 Å². The molecule has 0 saturated heterocycles. The third kappa shape index (κ3) is 7.14. The maximum absolute atomic E-state index is 4.23. The van der Waals surface area contributed by atoms with Crippen molar-refractivity contribution >= 4 is 5.96 Å².